The van der Waals surface area contributed by atoms with E-state index in [9.17, 15) is 19.8 Å². The standard InChI is InChI=1S/C9H16O10/c10-1-3(12)5(14)6(15)9(18)19-7(8(16)17)4(13)2-11/h3-7,10-15H,1-2H2,(H,16,17)/t3-,4+,5+,6-,7-/m0/s1. The van der Waals surface area contributed by atoms with Crippen LogP contribution in [-0.2, 0) is 14.3 Å². The van der Waals surface area contributed by atoms with Crippen molar-refractivity contribution in [1.82, 2.24) is 0 Å². The average Bonchev–Trinajstić information content (AvgIpc) is 2.40. The minimum absolute atomic E-state index is 0.951. The molecule has 0 amide bonds. The number of aliphatic hydroxyl groups excluding tert-OH is 6. The number of carboxylic acid groups (broad SMARTS) is 1. The molecule has 0 saturated heterocycles. The monoisotopic (exact) mass is 284 g/mol. The van der Waals surface area contributed by atoms with Crippen LogP contribution in [0.25, 0.3) is 0 Å². The molecule has 0 aromatic heterocycles. The largest absolute Gasteiger partial charge is 0.478 e. The highest BCUT2D eigenvalue weighted by atomic mass is 16.6. The molecular weight excluding hydrogens is 268 g/mol. The highest BCUT2D eigenvalue weighted by Crippen LogP contribution is 2.07. The summed E-state index contributed by atoms with van der Waals surface area (Å²) >= 11 is 0. The van der Waals surface area contributed by atoms with Crippen molar-refractivity contribution in [3.8, 4) is 0 Å². The minimum Gasteiger partial charge on any atom is -0.478 e. The van der Waals surface area contributed by atoms with Gasteiger partial charge in [-0.05, 0) is 0 Å². The molecule has 10 nitrogen and oxygen atoms in total. The maximum Gasteiger partial charge on any atom is 0.347 e. The van der Waals surface area contributed by atoms with E-state index in [1.54, 1.807) is 0 Å². The summed E-state index contributed by atoms with van der Waals surface area (Å²) < 4.78 is 4.19. The highest BCUT2D eigenvalue weighted by Gasteiger charge is 2.36. The van der Waals surface area contributed by atoms with Gasteiger partial charge in [0.05, 0.1) is 13.2 Å². The zero-order valence-electron chi connectivity index (χ0n) is 9.66. The number of carbonyl (C=O) groups excluding carboxylic acids is 1. The third-order valence-corrected chi connectivity index (χ3v) is 2.17. The third-order valence-electron chi connectivity index (χ3n) is 2.17. The van der Waals surface area contributed by atoms with Gasteiger partial charge in [0.2, 0.25) is 6.10 Å². The normalized spacial score (nSPS) is 19.1. The maximum absolute atomic E-state index is 11.3. The van der Waals surface area contributed by atoms with Crippen molar-refractivity contribution in [2.75, 3.05) is 13.2 Å². The lowest BCUT2D eigenvalue weighted by Gasteiger charge is -2.23. The second kappa shape index (κ2) is 7.99. The molecule has 0 fully saturated rings. The van der Waals surface area contributed by atoms with Gasteiger partial charge in [-0.15, -0.1) is 0 Å². The Bertz CT molecular complexity index is 305. The third kappa shape index (κ3) is 5.06. The van der Waals surface area contributed by atoms with E-state index in [4.69, 9.17) is 25.5 Å². The molecule has 5 atom stereocenters. The van der Waals surface area contributed by atoms with E-state index in [-0.39, 0.29) is 0 Å². The first-order chi connectivity index (χ1) is 8.76. The van der Waals surface area contributed by atoms with Crippen molar-refractivity contribution >= 4 is 11.9 Å². The van der Waals surface area contributed by atoms with Crippen LogP contribution in [0.1, 0.15) is 0 Å². The molecule has 0 heterocycles. The molecule has 0 aliphatic rings. The summed E-state index contributed by atoms with van der Waals surface area (Å²) in [7, 11) is 0. The van der Waals surface area contributed by atoms with Crippen LogP contribution in [0, 0.1) is 0 Å². The minimum atomic E-state index is -2.32. The Kier molecular flexibility index (Phi) is 7.44. The molecule has 0 bridgehead atoms. The van der Waals surface area contributed by atoms with Crippen molar-refractivity contribution in [2.24, 2.45) is 0 Å². The van der Waals surface area contributed by atoms with Crippen molar-refractivity contribution in [2.45, 2.75) is 30.5 Å². The van der Waals surface area contributed by atoms with Crippen LogP contribution in [0.3, 0.4) is 0 Å². The zero-order valence-corrected chi connectivity index (χ0v) is 9.66. The molecule has 0 aliphatic heterocycles. The van der Waals surface area contributed by atoms with E-state index >= 15 is 0 Å². The van der Waals surface area contributed by atoms with Gasteiger partial charge in [-0.1, -0.05) is 0 Å². The Morgan fingerprint density at radius 2 is 1.42 bits per heavy atom. The SMILES string of the molecule is O=C(O[C@H](C(=O)O)[C@H](O)CO)[C@@H](O)[C@H](O)[C@@H](O)CO. The quantitative estimate of drug-likeness (QED) is 0.214. The van der Waals surface area contributed by atoms with Crippen LogP contribution in [0.15, 0.2) is 0 Å². The lowest BCUT2D eigenvalue weighted by Crippen LogP contribution is -2.48. The zero-order chi connectivity index (χ0) is 15.2. The van der Waals surface area contributed by atoms with E-state index in [2.05, 4.69) is 4.74 Å². The predicted octanol–water partition coefficient (Wildman–Crippen LogP) is -4.59. The summed E-state index contributed by atoms with van der Waals surface area (Å²) in [6, 6.07) is 0. The maximum atomic E-state index is 11.3. The molecule has 0 unspecified atom stereocenters. The first-order valence-electron chi connectivity index (χ1n) is 5.13. The number of aliphatic hydroxyl groups is 6. The number of hydrogen-bond acceptors (Lipinski definition) is 9. The molecule has 0 rings (SSSR count). The van der Waals surface area contributed by atoms with Crippen LogP contribution in [0.2, 0.25) is 0 Å². The van der Waals surface area contributed by atoms with E-state index in [0.717, 1.165) is 0 Å². The fraction of sp³-hybridized carbons (Fsp3) is 0.778. The first kappa shape index (κ1) is 17.7. The van der Waals surface area contributed by atoms with E-state index in [0.29, 0.717) is 0 Å². The molecular formula is C9H16O10. The van der Waals surface area contributed by atoms with Crippen molar-refractivity contribution in [1.29, 1.82) is 0 Å². The molecule has 0 radical (unpaired) electrons. The number of esters is 1. The lowest BCUT2D eigenvalue weighted by molar-refractivity contribution is -0.186. The van der Waals surface area contributed by atoms with Crippen molar-refractivity contribution in [3.63, 3.8) is 0 Å². The fourth-order valence-corrected chi connectivity index (χ4v) is 1.04. The van der Waals surface area contributed by atoms with Gasteiger partial charge < -0.3 is 40.5 Å². The lowest BCUT2D eigenvalue weighted by atomic mass is 10.1. The number of hydrogen-bond donors (Lipinski definition) is 7. The van der Waals surface area contributed by atoms with Gasteiger partial charge in [0, 0.05) is 0 Å². The summed E-state index contributed by atoms with van der Waals surface area (Å²) in [6.45, 7) is -1.96. The topological polar surface area (TPSA) is 185 Å². The van der Waals surface area contributed by atoms with Crippen LogP contribution < -0.4 is 0 Å². The number of rotatable bonds is 8. The van der Waals surface area contributed by atoms with Crippen molar-refractivity contribution < 1.29 is 50.1 Å². The molecule has 10 heteroatoms. The molecule has 0 aliphatic carbocycles. The number of carboxylic acids is 1. The molecule has 0 spiro atoms. The second-order valence-electron chi connectivity index (χ2n) is 3.63. The molecule has 0 aromatic carbocycles. The molecule has 7 N–H and O–H groups in total. The number of carbonyl (C=O) groups is 2. The molecule has 0 aromatic rings. The summed E-state index contributed by atoms with van der Waals surface area (Å²) in [6.07, 6.45) is -10.3. The Morgan fingerprint density at radius 3 is 1.79 bits per heavy atom. The van der Waals surface area contributed by atoms with Crippen LogP contribution >= 0.6 is 0 Å². The van der Waals surface area contributed by atoms with E-state index in [1.165, 1.54) is 0 Å². The van der Waals surface area contributed by atoms with E-state index in [1.807, 2.05) is 0 Å². The molecule has 0 saturated carbocycles. The molecule has 19 heavy (non-hydrogen) atoms. The van der Waals surface area contributed by atoms with Crippen LogP contribution in [0.5, 0.6) is 0 Å². The Balaban J connectivity index is 4.69. The number of aliphatic carboxylic acids is 1. The average molecular weight is 284 g/mol. The first-order valence-corrected chi connectivity index (χ1v) is 5.13. The summed E-state index contributed by atoms with van der Waals surface area (Å²) in [5.41, 5.74) is 0. The van der Waals surface area contributed by atoms with Gasteiger partial charge >= 0.3 is 11.9 Å². The fourth-order valence-electron chi connectivity index (χ4n) is 1.04. The highest BCUT2D eigenvalue weighted by molar-refractivity contribution is 5.81. The summed E-state index contributed by atoms with van der Waals surface area (Å²) in [5.74, 6) is -3.42. The Morgan fingerprint density at radius 1 is 0.947 bits per heavy atom. The van der Waals surface area contributed by atoms with Gasteiger partial charge in [-0.3, -0.25) is 0 Å². The van der Waals surface area contributed by atoms with E-state index < -0.39 is 55.7 Å². The smallest absolute Gasteiger partial charge is 0.347 e. The summed E-state index contributed by atoms with van der Waals surface area (Å²) in [4.78, 5) is 21.9. The predicted molar refractivity (Wildman–Crippen MR) is 55.7 cm³/mol. The van der Waals surface area contributed by atoms with Gasteiger partial charge in [0.1, 0.15) is 18.3 Å². The molecule has 112 valence electrons. The Labute approximate surface area is 107 Å². The Hall–Kier alpha value is -1.30. The van der Waals surface area contributed by atoms with Gasteiger partial charge in [0.25, 0.3) is 0 Å². The van der Waals surface area contributed by atoms with Gasteiger partial charge in [0.15, 0.2) is 6.10 Å². The summed E-state index contributed by atoms with van der Waals surface area (Å²) in [5, 5.41) is 62.1. The van der Waals surface area contributed by atoms with Crippen LogP contribution in [0.4, 0.5) is 0 Å². The number of ether oxygens (including phenoxy) is 1. The van der Waals surface area contributed by atoms with Crippen molar-refractivity contribution in [3.05, 3.63) is 0 Å². The van der Waals surface area contributed by atoms with Gasteiger partial charge in [-0.25, -0.2) is 9.59 Å². The second-order valence-corrected chi connectivity index (χ2v) is 3.63. The van der Waals surface area contributed by atoms with Gasteiger partial charge in [-0.2, -0.15) is 0 Å². The van der Waals surface area contributed by atoms with Crippen LogP contribution in [-0.4, -0.2) is 91.4 Å².